The molecule has 0 amide bonds. The summed E-state index contributed by atoms with van der Waals surface area (Å²) >= 11 is 0. The minimum Gasteiger partial charge on any atom is -0.497 e. The van der Waals surface area contributed by atoms with E-state index >= 15 is 0 Å². The number of rotatable bonds is 9. The van der Waals surface area contributed by atoms with Crippen molar-refractivity contribution in [1.29, 1.82) is 0 Å². The third-order valence-electron chi connectivity index (χ3n) is 3.89. The van der Waals surface area contributed by atoms with E-state index in [1.807, 2.05) is 39.0 Å². The van der Waals surface area contributed by atoms with Gasteiger partial charge in [-0.15, -0.1) is 0 Å². The predicted octanol–water partition coefficient (Wildman–Crippen LogP) is 3.47. The summed E-state index contributed by atoms with van der Waals surface area (Å²) in [6.07, 6.45) is 0.547. The third kappa shape index (κ3) is 7.82. The van der Waals surface area contributed by atoms with Crippen LogP contribution in [0.3, 0.4) is 0 Å². The fraction of sp³-hybridized carbons (Fsp3) is 0.684. The number of aliphatic hydroxyl groups excluding tert-OH is 1. The maximum Gasteiger partial charge on any atom is 0.119 e. The van der Waals surface area contributed by atoms with Crippen molar-refractivity contribution in [3.8, 4) is 5.75 Å². The van der Waals surface area contributed by atoms with Crippen LogP contribution in [0.5, 0.6) is 5.75 Å². The van der Waals surface area contributed by atoms with Crippen LogP contribution < -0.4 is 4.74 Å². The Balaban J connectivity index is 2.68. The van der Waals surface area contributed by atoms with E-state index < -0.39 is 6.10 Å². The molecule has 132 valence electrons. The van der Waals surface area contributed by atoms with Crippen LogP contribution in [-0.2, 0) is 11.3 Å². The maximum absolute atomic E-state index is 10.3. The second-order valence-electron chi connectivity index (χ2n) is 7.12. The van der Waals surface area contributed by atoms with E-state index in [1.54, 1.807) is 7.11 Å². The molecule has 4 nitrogen and oxygen atoms in total. The van der Waals surface area contributed by atoms with Crippen LogP contribution in [-0.4, -0.2) is 48.0 Å². The van der Waals surface area contributed by atoms with E-state index in [1.165, 1.54) is 5.56 Å². The topological polar surface area (TPSA) is 41.9 Å². The highest BCUT2D eigenvalue weighted by Crippen LogP contribution is 2.17. The van der Waals surface area contributed by atoms with Crippen LogP contribution in [0.15, 0.2) is 24.3 Å². The highest BCUT2D eigenvalue weighted by atomic mass is 16.5. The minimum absolute atomic E-state index is 0.227. The van der Waals surface area contributed by atoms with Crippen molar-refractivity contribution in [2.24, 2.45) is 0 Å². The third-order valence-corrected chi connectivity index (χ3v) is 3.89. The molecule has 0 saturated heterocycles. The molecule has 2 atom stereocenters. The quantitative estimate of drug-likeness (QED) is 0.755. The van der Waals surface area contributed by atoms with Crippen LogP contribution in [0.1, 0.15) is 46.6 Å². The second kappa shape index (κ2) is 9.26. The van der Waals surface area contributed by atoms with Crippen molar-refractivity contribution in [2.45, 2.75) is 65.3 Å². The number of aliphatic hydroxyl groups is 1. The lowest BCUT2D eigenvalue weighted by molar-refractivity contribution is -0.0593. The van der Waals surface area contributed by atoms with Gasteiger partial charge in [0, 0.05) is 19.1 Å². The van der Waals surface area contributed by atoms with Gasteiger partial charge in [-0.3, -0.25) is 4.90 Å². The Bertz CT molecular complexity index is 456. The van der Waals surface area contributed by atoms with Crippen LogP contribution in [0, 0.1) is 0 Å². The van der Waals surface area contributed by atoms with Crippen molar-refractivity contribution in [1.82, 2.24) is 4.90 Å². The van der Waals surface area contributed by atoms with E-state index in [2.05, 4.69) is 24.8 Å². The minimum atomic E-state index is -0.492. The zero-order valence-corrected chi connectivity index (χ0v) is 15.5. The Morgan fingerprint density at radius 3 is 2.52 bits per heavy atom. The lowest BCUT2D eigenvalue weighted by Crippen LogP contribution is -2.41. The molecular formula is C19H33NO3. The Labute approximate surface area is 141 Å². The first kappa shape index (κ1) is 19.9. The first-order valence-electron chi connectivity index (χ1n) is 8.44. The van der Waals surface area contributed by atoms with Gasteiger partial charge in [-0.05, 0) is 51.8 Å². The molecule has 0 aromatic heterocycles. The average molecular weight is 323 g/mol. The smallest absolute Gasteiger partial charge is 0.119 e. The molecule has 0 saturated carbocycles. The fourth-order valence-electron chi connectivity index (χ4n) is 2.33. The molecule has 0 radical (unpaired) electrons. The normalized spacial score (nSPS) is 14.8. The molecule has 1 aromatic carbocycles. The summed E-state index contributed by atoms with van der Waals surface area (Å²) in [4.78, 5) is 2.30. The van der Waals surface area contributed by atoms with Gasteiger partial charge in [0.05, 0.1) is 25.4 Å². The van der Waals surface area contributed by atoms with Crippen molar-refractivity contribution < 1.29 is 14.6 Å². The monoisotopic (exact) mass is 323 g/mol. The van der Waals surface area contributed by atoms with Crippen LogP contribution in [0.4, 0.5) is 0 Å². The molecule has 0 aliphatic carbocycles. The van der Waals surface area contributed by atoms with Gasteiger partial charge in [-0.2, -0.15) is 0 Å². The van der Waals surface area contributed by atoms with Crippen LogP contribution >= 0.6 is 0 Å². The molecule has 1 aromatic rings. The molecule has 23 heavy (non-hydrogen) atoms. The van der Waals surface area contributed by atoms with Gasteiger partial charge < -0.3 is 14.6 Å². The molecule has 0 aliphatic heterocycles. The van der Waals surface area contributed by atoms with Crippen molar-refractivity contribution in [3.63, 3.8) is 0 Å². The standard InChI is InChI=1S/C19H33NO3/c1-7-15(2)20(13-17(21)14-23-19(3,4)5)12-16-9-8-10-18(11-16)22-6/h8-11,15,17,21H,7,12-14H2,1-6H3/t15-,17+/m1/s1. The van der Waals surface area contributed by atoms with E-state index in [-0.39, 0.29) is 5.60 Å². The van der Waals surface area contributed by atoms with Gasteiger partial charge in [-0.25, -0.2) is 0 Å². The summed E-state index contributed by atoms with van der Waals surface area (Å²) in [5, 5.41) is 10.3. The summed E-state index contributed by atoms with van der Waals surface area (Å²) < 4.78 is 11.0. The number of hydrogen-bond donors (Lipinski definition) is 1. The summed E-state index contributed by atoms with van der Waals surface area (Å²) in [5.41, 5.74) is 0.961. The first-order chi connectivity index (χ1) is 10.7. The van der Waals surface area contributed by atoms with Crippen molar-refractivity contribution in [2.75, 3.05) is 20.3 Å². The van der Waals surface area contributed by atoms with Gasteiger partial charge in [0.25, 0.3) is 0 Å². The Kier molecular flexibility index (Phi) is 8.03. The zero-order valence-electron chi connectivity index (χ0n) is 15.5. The van der Waals surface area contributed by atoms with Crippen LogP contribution in [0.2, 0.25) is 0 Å². The summed E-state index contributed by atoms with van der Waals surface area (Å²) in [6, 6.07) is 8.49. The number of benzene rings is 1. The largest absolute Gasteiger partial charge is 0.497 e. The lowest BCUT2D eigenvalue weighted by Gasteiger charge is -2.31. The molecule has 0 fully saturated rings. The SMILES string of the molecule is CC[C@@H](C)N(Cc1cccc(OC)c1)C[C@H](O)COC(C)(C)C. The van der Waals surface area contributed by atoms with Gasteiger partial charge in [0.15, 0.2) is 0 Å². The maximum atomic E-state index is 10.3. The Hall–Kier alpha value is -1.10. The predicted molar refractivity (Wildman–Crippen MR) is 94.9 cm³/mol. The Morgan fingerprint density at radius 1 is 1.26 bits per heavy atom. The van der Waals surface area contributed by atoms with E-state index in [4.69, 9.17) is 9.47 Å². The highest BCUT2D eigenvalue weighted by molar-refractivity contribution is 5.28. The fourth-order valence-corrected chi connectivity index (χ4v) is 2.33. The molecule has 4 heteroatoms. The van der Waals surface area contributed by atoms with Crippen molar-refractivity contribution >= 4 is 0 Å². The number of nitrogens with zero attached hydrogens (tertiary/aromatic N) is 1. The van der Waals surface area contributed by atoms with Crippen LogP contribution in [0.25, 0.3) is 0 Å². The van der Waals surface area contributed by atoms with Gasteiger partial charge in [-0.1, -0.05) is 19.1 Å². The first-order valence-corrected chi connectivity index (χ1v) is 8.44. The molecule has 0 bridgehead atoms. The van der Waals surface area contributed by atoms with E-state index in [0.29, 0.717) is 19.2 Å². The number of ether oxygens (including phenoxy) is 2. The molecule has 0 spiro atoms. The van der Waals surface area contributed by atoms with E-state index in [0.717, 1.165) is 18.7 Å². The molecule has 1 N–H and O–H groups in total. The Morgan fingerprint density at radius 2 is 1.96 bits per heavy atom. The highest BCUT2D eigenvalue weighted by Gasteiger charge is 2.19. The molecule has 0 aliphatic rings. The second-order valence-corrected chi connectivity index (χ2v) is 7.12. The van der Waals surface area contributed by atoms with E-state index in [9.17, 15) is 5.11 Å². The number of methoxy groups -OCH3 is 1. The van der Waals surface area contributed by atoms with Gasteiger partial charge in [0.2, 0.25) is 0 Å². The lowest BCUT2D eigenvalue weighted by atomic mass is 10.1. The molecular weight excluding hydrogens is 290 g/mol. The summed E-state index contributed by atoms with van der Waals surface area (Å²) in [7, 11) is 1.68. The van der Waals surface area contributed by atoms with Crippen molar-refractivity contribution in [3.05, 3.63) is 29.8 Å². The zero-order chi connectivity index (χ0) is 17.5. The molecule has 0 unspecified atom stereocenters. The average Bonchev–Trinajstić information content (AvgIpc) is 2.51. The number of hydrogen-bond acceptors (Lipinski definition) is 4. The molecule has 1 rings (SSSR count). The van der Waals surface area contributed by atoms with Gasteiger partial charge >= 0.3 is 0 Å². The molecule has 0 heterocycles. The summed E-state index contributed by atoms with van der Waals surface area (Å²) in [6.45, 7) is 12.1. The summed E-state index contributed by atoms with van der Waals surface area (Å²) in [5.74, 6) is 0.864. The van der Waals surface area contributed by atoms with Gasteiger partial charge in [0.1, 0.15) is 5.75 Å².